The van der Waals surface area contributed by atoms with E-state index in [1.807, 2.05) is 6.92 Å². The lowest BCUT2D eigenvalue weighted by Crippen LogP contribution is -2.37. The monoisotopic (exact) mass is 225 g/mol. The maximum absolute atomic E-state index is 13.3. The molecule has 0 aromatic heterocycles. The van der Waals surface area contributed by atoms with Crippen LogP contribution in [0.4, 0.5) is 8.78 Å². The third-order valence-corrected chi connectivity index (χ3v) is 2.36. The number of benzene rings is 1. The standard InChI is InChI=1S/C11H13F2N3/c1-7-5-14-11(16-7)15-6-8-4-9(12)2-3-10(8)13/h2-4,7H,5-6H2,1H3,(H2,14,15,16). The van der Waals surface area contributed by atoms with Gasteiger partial charge in [0.25, 0.3) is 0 Å². The number of hydrogen-bond acceptors (Lipinski definition) is 3. The van der Waals surface area contributed by atoms with E-state index in [0.29, 0.717) is 24.1 Å². The van der Waals surface area contributed by atoms with Gasteiger partial charge in [-0.15, -0.1) is 0 Å². The number of hydrogen-bond donors (Lipinski definition) is 2. The van der Waals surface area contributed by atoms with Crippen molar-refractivity contribution in [3.8, 4) is 0 Å². The summed E-state index contributed by atoms with van der Waals surface area (Å²) in [7, 11) is 0. The Morgan fingerprint density at radius 2 is 2.31 bits per heavy atom. The molecule has 1 aromatic carbocycles. The summed E-state index contributed by atoms with van der Waals surface area (Å²) in [6.07, 6.45) is 0. The highest BCUT2D eigenvalue weighted by atomic mass is 19.1. The average molecular weight is 225 g/mol. The quantitative estimate of drug-likeness (QED) is 0.798. The van der Waals surface area contributed by atoms with Crippen LogP contribution in [0.1, 0.15) is 12.5 Å². The maximum atomic E-state index is 13.3. The normalized spacial score (nSPS) is 19.2. The summed E-state index contributed by atoms with van der Waals surface area (Å²) in [5, 5.41) is 6.01. The minimum atomic E-state index is -0.437. The van der Waals surface area contributed by atoms with Crippen molar-refractivity contribution in [3.63, 3.8) is 0 Å². The van der Waals surface area contributed by atoms with Gasteiger partial charge in [0.1, 0.15) is 11.6 Å². The average Bonchev–Trinajstić information content (AvgIpc) is 2.66. The Bertz CT molecular complexity index is 418. The van der Waals surface area contributed by atoms with Crippen molar-refractivity contribution in [2.75, 3.05) is 6.54 Å². The largest absolute Gasteiger partial charge is 0.352 e. The molecule has 2 N–H and O–H groups in total. The Labute approximate surface area is 92.6 Å². The fraction of sp³-hybridized carbons (Fsp3) is 0.364. The molecule has 3 nitrogen and oxygen atoms in total. The zero-order valence-corrected chi connectivity index (χ0v) is 8.93. The second-order valence-electron chi connectivity index (χ2n) is 3.82. The van der Waals surface area contributed by atoms with Gasteiger partial charge in [0.15, 0.2) is 5.96 Å². The first-order chi connectivity index (χ1) is 7.65. The molecule has 5 heteroatoms. The van der Waals surface area contributed by atoms with Gasteiger partial charge < -0.3 is 10.6 Å². The SMILES string of the molecule is CC1CN=C(NCc2cc(F)ccc2F)N1. The van der Waals surface area contributed by atoms with Crippen LogP contribution in [-0.2, 0) is 6.54 Å². The highest BCUT2D eigenvalue weighted by Crippen LogP contribution is 2.09. The summed E-state index contributed by atoms with van der Waals surface area (Å²) in [6.45, 7) is 2.93. The number of rotatable bonds is 2. The molecule has 1 aromatic rings. The molecule has 1 aliphatic rings. The first-order valence-corrected chi connectivity index (χ1v) is 5.14. The van der Waals surface area contributed by atoms with Crippen LogP contribution >= 0.6 is 0 Å². The van der Waals surface area contributed by atoms with Crippen molar-refractivity contribution in [3.05, 3.63) is 35.4 Å². The van der Waals surface area contributed by atoms with E-state index in [1.54, 1.807) is 0 Å². The van der Waals surface area contributed by atoms with Crippen LogP contribution in [0.15, 0.2) is 23.2 Å². The summed E-state index contributed by atoms with van der Waals surface area (Å²) in [6, 6.07) is 3.70. The van der Waals surface area contributed by atoms with Crippen LogP contribution in [-0.4, -0.2) is 18.5 Å². The summed E-state index contributed by atoms with van der Waals surface area (Å²) in [5.74, 6) is -0.218. The number of aliphatic imine (C=N–C) groups is 1. The second-order valence-corrected chi connectivity index (χ2v) is 3.82. The van der Waals surface area contributed by atoms with E-state index < -0.39 is 11.6 Å². The molecular weight excluding hydrogens is 212 g/mol. The Morgan fingerprint density at radius 3 is 3.00 bits per heavy atom. The Hall–Kier alpha value is -1.65. The number of nitrogens with one attached hydrogen (secondary N) is 2. The third kappa shape index (κ3) is 2.48. The molecule has 0 radical (unpaired) electrons. The molecule has 1 atom stereocenters. The molecule has 16 heavy (non-hydrogen) atoms. The topological polar surface area (TPSA) is 36.4 Å². The minimum absolute atomic E-state index is 0.224. The molecular formula is C11H13F2N3. The molecule has 0 saturated heterocycles. The summed E-state index contributed by atoms with van der Waals surface area (Å²) in [5.41, 5.74) is 0.295. The lowest BCUT2D eigenvalue weighted by molar-refractivity contribution is 0.581. The van der Waals surface area contributed by atoms with Crippen LogP contribution in [0.3, 0.4) is 0 Å². The molecule has 1 aliphatic heterocycles. The molecule has 1 unspecified atom stereocenters. The molecule has 1 heterocycles. The van der Waals surface area contributed by atoms with Crippen molar-refractivity contribution in [2.45, 2.75) is 19.5 Å². The fourth-order valence-corrected chi connectivity index (χ4v) is 1.52. The lowest BCUT2D eigenvalue weighted by Gasteiger charge is -2.09. The Kier molecular flexibility index (Phi) is 3.03. The van der Waals surface area contributed by atoms with Gasteiger partial charge in [-0.1, -0.05) is 0 Å². The van der Waals surface area contributed by atoms with E-state index in [0.717, 1.165) is 12.1 Å². The van der Waals surface area contributed by atoms with Crippen molar-refractivity contribution in [1.29, 1.82) is 0 Å². The molecule has 0 saturated carbocycles. The molecule has 0 spiro atoms. The van der Waals surface area contributed by atoms with Gasteiger partial charge in [-0.2, -0.15) is 0 Å². The van der Waals surface area contributed by atoms with Gasteiger partial charge in [-0.3, -0.25) is 4.99 Å². The second kappa shape index (κ2) is 4.47. The summed E-state index contributed by atoms with van der Waals surface area (Å²) in [4.78, 5) is 4.16. The van der Waals surface area contributed by atoms with Gasteiger partial charge in [0.2, 0.25) is 0 Å². The van der Waals surface area contributed by atoms with Crippen LogP contribution in [0, 0.1) is 11.6 Å². The summed E-state index contributed by atoms with van der Waals surface area (Å²) < 4.78 is 26.1. The van der Waals surface area contributed by atoms with Gasteiger partial charge in [0, 0.05) is 18.2 Å². The molecule has 0 fully saturated rings. The van der Waals surface area contributed by atoms with Crippen molar-refractivity contribution in [1.82, 2.24) is 10.6 Å². The zero-order chi connectivity index (χ0) is 11.5. The van der Waals surface area contributed by atoms with Crippen LogP contribution in [0.25, 0.3) is 0 Å². The van der Waals surface area contributed by atoms with E-state index in [9.17, 15) is 8.78 Å². The third-order valence-electron chi connectivity index (χ3n) is 2.36. The maximum Gasteiger partial charge on any atom is 0.191 e. The molecule has 0 aliphatic carbocycles. The molecule has 86 valence electrons. The Balaban J connectivity index is 1.97. The fourth-order valence-electron chi connectivity index (χ4n) is 1.52. The highest BCUT2D eigenvalue weighted by molar-refractivity contribution is 5.81. The van der Waals surface area contributed by atoms with E-state index in [-0.39, 0.29) is 6.54 Å². The number of nitrogens with zero attached hydrogens (tertiary/aromatic N) is 1. The molecule has 0 bridgehead atoms. The number of guanidine groups is 1. The Morgan fingerprint density at radius 1 is 1.50 bits per heavy atom. The molecule has 0 amide bonds. The smallest absolute Gasteiger partial charge is 0.191 e. The highest BCUT2D eigenvalue weighted by Gasteiger charge is 2.12. The van der Waals surface area contributed by atoms with Crippen LogP contribution in [0.5, 0.6) is 0 Å². The first-order valence-electron chi connectivity index (χ1n) is 5.14. The number of halogens is 2. The minimum Gasteiger partial charge on any atom is -0.352 e. The van der Waals surface area contributed by atoms with Crippen LogP contribution < -0.4 is 10.6 Å². The van der Waals surface area contributed by atoms with E-state index in [1.165, 1.54) is 6.07 Å². The van der Waals surface area contributed by atoms with Gasteiger partial charge >= 0.3 is 0 Å². The summed E-state index contributed by atoms with van der Waals surface area (Å²) >= 11 is 0. The van der Waals surface area contributed by atoms with Gasteiger partial charge in [-0.25, -0.2) is 8.78 Å². The zero-order valence-electron chi connectivity index (χ0n) is 8.93. The lowest BCUT2D eigenvalue weighted by atomic mass is 10.2. The van der Waals surface area contributed by atoms with Crippen molar-refractivity contribution < 1.29 is 8.78 Å². The van der Waals surface area contributed by atoms with Crippen molar-refractivity contribution >= 4 is 5.96 Å². The predicted octanol–water partition coefficient (Wildman–Crippen LogP) is 1.40. The van der Waals surface area contributed by atoms with Gasteiger partial charge in [0.05, 0.1) is 6.54 Å². The van der Waals surface area contributed by atoms with E-state index >= 15 is 0 Å². The van der Waals surface area contributed by atoms with Gasteiger partial charge in [-0.05, 0) is 25.1 Å². The first kappa shape index (κ1) is 10.9. The van der Waals surface area contributed by atoms with Crippen LogP contribution in [0.2, 0.25) is 0 Å². The van der Waals surface area contributed by atoms with Crippen molar-refractivity contribution in [2.24, 2.45) is 4.99 Å². The predicted molar refractivity (Wildman–Crippen MR) is 58.1 cm³/mol. The molecule has 2 rings (SSSR count). The van der Waals surface area contributed by atoms with E-state index in [4.69, 9.17) is 0 Å². The van der Waals surface area contributed by atoms with E-state index in [2.05, 4.69) is 15.6 Å².